The zero-order chi connectivity index (χ0) is 15.5. The van der Waals surface area contributed by atoms with E-state index in [0.717, 1.165) is 12.8 Å². The third kappa shape index (κ3) is 2.83. The van der Waals surface area contributed by atoms with E-state index in [1.54, 1.807) is 23.2 Å². The van der Waals surface area contributed by atoms with Crippen LogP contribution in [-0.4, -0.2) is 38.6 Å². The Hall–Kier alpha value is -2.70. The molecule has 22 heavy (non-hydrogen) atoms. The second-order valence-corrected chi connectivity index (χ2v) is 5.34. The molecule has 1 aliphatic heterocycles. The van der Waals surface area contributed by atoms with Crippen molar-refractivity contribution >= 4 is 11.6 Å². The van der Waals surface area contributed by atoms with Gasteiger partial charge in [0.05, 0.1) is 11.0 Å². The Labute approximate surface area is 127 Å². The number of piperidine rings is 1. The maximum atomic E-state index is 12.6. The van der Waals surface area contributed by atoms with Gasteiger partial charge in [0.25, 0.3) is 11.6 Å². The van der Waals surface area contributed by atoms with Crippen molar-refractivity contribution in [2.45, 2.75) is 18.9 Å². The summed E-state index contributed by atoms with van der Waals surface area (Å²) in [6.45, 7) is 1.24. The van der Waals surface area contributed by atoms with E-state index in [9.17, 15) is 14.9 Å². The molecule has 3 rings (SSSR count). The number of amides is 1. The molecule has 1 aromatic heterocycles. The predicted molar refractivity (Wildman–Crippen MR) is 79.5 cm³/mol. The third-order valence-corrected chi connectivity index (χ3v) is 3.89. The fraction of sp³-hybridized carbons (Fsp3) is 0.333. The topological polar surface area (TPSA) is 81.3 Å². The van der Waals surface area contributed by atoms with Crippen LogP contribution in [0, 0.1) is 10.1 Å². The van der Waals surface area contributed by atoms with E-state index in [1.807, 2.05) is 16.9 Å². The van der Waals surface area contributed by atoms with E-state index in [4.69, 9.17) is 0 Å². The van der Waals surface area contributed by atoms with E-state index in [1.165, 1.54) is 12.1 Å². The summed E-state index contributed by atoms with van der Waals surface area (Å²) >= 11 is 0. The Bertz CT molecular complexity index is 684. The molecule has 0 radical (unpaired) electrons. The summed E-state index contributed by atoms with van der Waals surface area (Å²) in [6, 6.07) is 7.90. The van der Waals surface area contributed by atoms with Crippen LogP contribution in [0.1, 0.15) is 29.2 Å². The summed E-state index contributed by atoms with van der Waals surface area (Å²) in [5.41, 5.74) is 0.293. The largest absolute Gasteiger partial charge is 0.336 e. The lowest BCUT2D eigenvalue weighted by atomic mass is 10.0. The van der Waals surface area contributed by atoms with Gasteiger partial charge in [-0.25, -0.2) is 0 Å². The van der Waals surface area contributed by atoms with E-state index in [0.29, 0.717) is 18.7 Å². The standard InChI is InChI=1S/C15H16N4O3/c20-15(12-4-1-5-13(10-12)19(21)22)17-8-2-6-14(11-17)18-9-3-7-16-18/h1,3-5,7,9-10,14H,2,6,8,11H2. The second kappa shape index (κ2) is 5.97. The fourth-order valence-electron chi connectivity index (χ4n) is 2.79. The van der Waals surface area contributed by atoms with Gasteiger partial charge in [-0.05, 0) is 25.0 Å². The maximum Gasteiger partial charge on any atom is 0.270 e. The number of benzene rings is 1. The Balaban J connectivity index is 1.77. The molecular formula is C15H16N4O3. The van der Waals surface area contributed by atoms with Crippen LogP contribution in [0.15, 0.2) is 42.7 Å². The first-order valence-electron chi connectivity index (χ1n) is 7.18. The SMILES string of the molecule is O=C(c1cccc([N+](=O)[O-])c1)N1CCCC(n2cccn2)C1. The number of nitrogens with zero attached hydrogens (tertiary/aromatic N) is 4. The van der Waals surface area contributed by atoms with Gasteiger partial charge < -0.3 is 4.90 Å². The van der Waals surface area contributed by atoms with Gasteiger partial charge >= 0.3 is 0 Å². The van der Waals surface area contributed by atoms with Crippen LogP contribution in [0.2, 0.25) is 0 Å². The number of non-ortho nitro benzene ring substituents is 1. The van der Waals surface area contributed by atoms with Crippen LogP contribution in [0.3, 0.4) is 0 Å². The van der Waals surface area contributed by atoms with Crippen LogP contribution in [0.5, 0.6) is 0 Å². The summed E-state index contributed by atoms with van der Waals surface area (Å²) in [4.78, 5) is 24.7. The molecule has 0 spiro atoms. The van der Waals surface area contributed by atoms with Crippen molar-refractivity contribution in [3.05, 3.63) is 58.4 Å². The molecule has 1 amide bonds. The van der Waals surface area contributed by atoms with Crippen LogP contribution in [0.4, 0.5) is 5.69 Å². The van der Waals surface area contributed by atoms with Gasteiger partial charge in [-0.15, -0.1) is 0 Å². The highest BCUT2D eigenvalue weighted by molar-refractivity contribution is 5.94. The molecule has 1 aliphatic rings. The lowest BCUT2D eigenvalue weighted by Gasteiger charge is -2.32. The molecule has 0 saturated carbocycles. The summed E-state index contributed by atoms with van der Waals surface area (Å²) in [7, 11) is 0. The van der Waals surface area contributed by atoms with Gasteiger partial charge in [0, 0.05) is 43.2 Å². The van der Waals surface area contributed by atoms with Crippen molar-refractivity contribution in [3.63, 3.8) is 0 Å². The molecule has 1 unspecified atom stereocenters. The van der Waals surface area contributed by atoms with E-state index in [-0.39, 0.29) is 17.6 Å². The average molecular weight is 300 g/mol. The van der Waals surface area contributed by atoms with Gasteiger partial charge in [-0.3, -0.25) is 19.6 Å². The monoisotopic (exact) mass is 300 g/mol. The number of nitro groups is 1. The van der Waals surface area contributed by atoms with Gasteiger partial charge in [0.15, 0.2) is 0 Å². The summed E-state index contributed by atoms with van der Waals surface area (Å²) < 4.78 is 1.87. The number of hydrogen-bond acceptors (Lipinski definition) is 4. The lowest BCUT2D eigenvalue weighted by molar-refractivity contribution is -0.384. The molecule has 7 nitrogen and oxygen atoms in total. The van der Waals surface area contributed by atoms with Crippen molar-refractivity contribution < 1.29 is 9.72 Å². The summed E-state index contributed by atoms with van der Waals surface area (Å²) in [6.07, 6.45) is 5.49. The lowest BCUT2D eigenvalue weighted by Crippen LogP contribution is -2.40. The quantitative estimate of drug-likeness (QED) is 0.643. The highest BCUT2D eigenvalue weighted by Crippen LogP contribution is 2.23. The summed E-state index contributed by atoms with van der Waals surface area (Å²) in [5.74, 6) is -0.166. The number of rotatable bonds is 3. The molecule has 1 fully saturated rings. The molecule has 0 aliphatic carbocycles. The molecule has 0 bridgehead atoms. The molecular weight excluding hydrogens is 284 g/mol. The molecule has 1 saturated heterocycles. The fourth-order valence-corrected chi connectivity index (χ4v) is 2.79. The zero-order valence-corrected chi connectivity index (χ0v) is 12.0. The molecule has 2 aromatic rings. The minimum absolute atomic E-state index is 0.0634. The highest BCUT2D eigenvalue weighted by atomic mass is 16.6. The molecule has 0 N–H and O–H groups in total. The van der Waals surface area contributed by atoms with Crippen LogP contribution >= 0.6 is 0 Å². The van der Waals surface area contributed by atoms with Gasteiger partial charge in [-0.2, -0.15) is 5.10 Å². The molecule has 7 heteroatoms. The number of hydrogen-bond donors (Lipinski definition) is 0. The molecule has 114 valence electrons. The number of nitro benzene ring substituents is 1. The summed E-state index contributed by atoms with van der Waals surface area (Å²) in [5, 5.41) is 15.1. The normalized spacial score (nSPS) is 18.2. The average Bonchev–Trinajstić information content (AvgIpc) is 3.09. The minimum atomic E-state index is -0.487. The van der Waals surface area contributed by atoms with E-state index < -0.39 is 4.92 Å². The highest BCUT2D eigenvalue weighted by Gasteiger charge is 2.26. The van der Waals surface area contributed by atoms with Crippen LogP contribution < -0.4 is 0 Å². The Morgan fingerprint density at radius 3 is 2.95 bits per heavy atom. The third-order valence-electron chi connectivity index (χ3n) is 3.89. The second-order valence-electron chi connectivity index (χ2n) is 5.34. The Morgan fingerprint density at radius 2 is 2.23 bits per heavy atom. The molecule has 1 aromatic carbocycles. The molecule has 1 atom stereocenters. The number of aromatic nitrogens is 2. The maximum absolute atomic E-state index is 12.6. The van der Waals surface area contributed by atoms with Crippen LogP contribution in [0.25, 0.3) is 0 Å². The van der Waals surface area contributed by atoms with Crippen molar-refractivity contribution in [2.75, 3.05) is 13.1 Å². The first kappa shape index (κ1) is 14.2. The molecule has 2 heterocycles. The Morgan fingerprint density at radius 1 is 1.36 bits per heavy atom. The van der Waals surface area contributed by atoms with Crippen LogP contribution in [-0.2, 0) is 0 Å². The first-order valence-corrected chi connectivity index (χ1v) is 7.18. The van der Waals surface area contributed by atoms with Gasteiger partial charge in [0.1, 0.15) is 0 Å². The van der Waals surface area contributed by atoms with Gasteiger partial charge in [0.2, 0.25) is 0 Å². The van der Waals surface area contributed by atoms with E-state index >= 15 is 0 Å². The number of likely N-dealkylation sites (tertiary alicyclic amines) is 1. The number of carbonyl (C=O) groups excluding carboxylic acids is 1. The zero-order valence-electron chi connectivity index (χ0n) is 12.0. The van der Waals surface area contributed by atoms with E-state index in [2.05, 4.69) is 5.10 Å². The first-order chi connectivity index (χ1) is 10.6. The van der Waals surface area contributed by atoms with Crippen molar-refractivity contribution in [1.82, 2.24) is 14.7 Å². The van der Waals surface area contributed by atoms with Crippen molar-refractivity contribution in [3.8, 4) is 0 Å². The predicted octanol–water partition coefficient (Wildman–Crippen LogP) is 2.27. The minimum Gasteiger partial charge on any atom is -0.336 e. The van der Waals surface area contributed by atoms with Gasteiger partial charge in [-0.1, -0.05) is 6.07 Å². The number of carbonyl (C=O) groups is 1. The van der Waals surface area contributed by atoms with Crippen molar-refractivity contribution in [2.24, 2.45) is 0 Å². The smallest absolute Gasteiger partial charge is 0.270 e. The van der Waals surface area contributed by atoms with Crippen molar-refractivity contribution in [1.29, 1.82) is 0 Å². The Kier molecular flexibility index (Phi) is 3.86.